The molecule has 3 N–H and O–H groups in total. The first kappa shape index (κ1) is 13.2. The molecule has 2 aromatic rings. The summed E-state index contributed by atoms with van der Waals surface area (Å²) >= 11 is 0. The standard InChI is InChI=1S/C9H11N3.2ClH/c1-6-7(4-10)5-12-9-8(6)2-3-11-9;;/h2-3,5H,4,10H2,1H3,(H,11,12);2*1H. The van der Waals surface area contributed by atoms with Crippen LogP contribution in [0.15, 0.2) is 18.5 Å². The Balaban J connectivity index is 0.000000845. The molecule has 0 aliphatic carbocycles. The molecule has 0 aromatic carbocycles. The van der Waals surface area contributed by atoms with Crippen molar-refractivity contribution in [2.24, 2.45) is 5.73 Å². The number of nitrogens with two attached hydrogens (primary N) is 1. The van der Waals surface area contributed by atoms with Gasteiger partial charge in [0.05, 0.1) is 0 Å². The lowest BCUT2D eigenvalue weighted by Gasteiger charge is -2.02. The number of aromatic nitrogens is 2. The highest BCUT2D eigenvalue weighted by Gasteiger charge is 2.02. The first-order valence-electron chi connectivity index (χ1n) is 3.94. The van der Waals surface area contributed by atoms with Crippen LogP contribution in [-0.2, 0) is 6.54 Å². The Labute approximate surface area is 94.9 Å². The number of pyridine rings is 1. The second kappa shape index (κ2) is 5.20. The molecule has 0 amide bonds. The summed E-state index contributed by atoms with van der Waals surface area (Å²) in [6, 6.07) is 2.02. The van der Waals surface area contributed by atoms with Crippen LogP contribution >= 0.6 is 24.8 Å². The van der Waals surface area contributed by atoms with Gasteiger partial charge in [-0.3, -0.25) is 0 Å². The van der Waals surface area contributed by atoms with Gasteiger partial charge < -0.3 is 10.7 Å². The number of aryl methyl sites for hydroxylation is 1. The van der Waals surface area contributed by atoms with Gasteiger partial charge in [-0.25, -0.2) is 4.98 Å². The zero-order valence-electron chi connectivity index (χ0n) is 7.78. The predicted octanol–water partition coefficient (Wildman–Crippen LogP) is 2.17. The molecule has 3 nitrogen and oxygen atoms in total. The molecule has 5 heteroatoms. The second-order valence-corrected chi connectivity index (χ2v) is 2.85. The number of H-pyrrole nitrogens is 1. The highest BCUT2D eigenvalue weighted by molar-refractivity contribution is 5.85. The Morgan fingerprint density at radius 1 is 1.43 bits per heavy atom. The average molecular weight is 234 g/mol. The number of rotatable bonds is 1. The fraction of sp³-hybridized carbons (Fsp3) is 0.222. The van der Waals surface area contributed by atoms with E-state index < -0.39 is 0 Å². The number of fused-ring (bicyclic) bond motifs is 1. The Morgan fingerprint density at radius 3 is 2.79 bits per heavy atom. The van der Waals surface area contributed by atoms with Crippen LogP contribution in [0.5, 0.6) is 0 Å². The Morgan fingerprint density at radius 2 is 2.14 bits per heavy atom. The summed E-state index contributed by atoms with van der Waals surface area (Å²) < 4.78 is 0. The van der Waals surface area contributed by atoms with Crippen molar-refractivity contribution in [1.29, 1.82) is 0 Å². The molecule has 2 rings (SSSR count). The topological polar surface area (TPSA) is 54.7 Å². The lowest BCUT2D eigenvalue weighted by molar-refractivity contribution is 1.04. The Kier molecular flexibility index (Phi) is 4.91. The van der Waals surface area contributed by atoms with Gasteiger partial charge in [-0.1, -0.05) is 0 Å². The first-order valence-corrected chi connectivity index (χ1v) is 3.94. The van der Waals surface area contributed by atoms with E-state index >= 15 is 0 Å². The van der Waals surface area contributed by atoms with Crippen LogP contribution < -0.4 is 5.73 Å². The minimum atomic E-state index is 0. The van der Waals surface area contributed by atoms with Crippen LogP contribution in [-0.4, -0.2) is 9.97 Å². The molecule has 0 radical (unpaired) electrons. The van der Waals surface area contributed by atoms with Crippen molar-refractivity contribution in [2.75, 3.05) is 0 Å². The fourth-order valence-electron chi connectivity index (χ4n) is 1.39. The van der Waals surface area contributed by atoms with Crippen LogP contribution in [0.25, 0.3) is 11.0 Å². The molecule has 2 aromatic heterocycles. The summed E-state index contributed by atoms with van der Waals surface area (Å²) in [5.74, 6) is 0. The van der Waals surface area contributed by atoms with E-state index in [9.17, 15) is 0 Å². The number of hydrogen-bond acceptors (Lipinski definition) is 2. The van der Waals surface area contributed by atoms with E-state index in [1.165, 1.54) is 5.56 Å². The van der Waals surface area contributed by atoms with Gasteiger partial charge in [0.25, 0.3) is 0 Å². The summed E-state index contributed by atoms with van der Waals surface area (Å²) in [5.41, 5.74) is 8.83. The van der Waals surface area contributed by atoms with Crippen LogP contribution in [0.1, 0.15) is 11.1 Å². The number of hydrogen-bond donors (Lipinski definition) is 2. The smallest absolute Gasteiger partial charge is 0.137 e. The molecule has 0 unspecified atom stereocenters. The molecule has 14 heavy (non-hydrogen) atoms. The third kappa shape index (κ3) is 2.00. The molecule has 0 aliphatic heterocycles. The Hall–Kier alpha value is -0.770. The molecule has 2 heterocycles. The summed E-state index contributed by atoms with van der Waals surface area (Å²) in [7, 11) is 0. The van der Waals surface area contributed by atoms with Crippen molar-refractivity contribution in [2.45, 2.75) is 13.5 Å². The maximum Gasteiger partial charge on any atom is 0.137 e. The second-order valence-electron chi connectivity index (χ2n) is 2.85. The van der Waals surface area contributed by atoms with Crippen molar-refractivity contribution in [3.05, 3.63) is 29.6 Å². The van der Waals surface area contributed by atoms with Gasteiger partial charge in [-0.15, -0.1) is 24.8 Å². The van der Waals surface area contributed by atoms with E-state index in [0.29, 0.717) is 6.54 Å². The van der Waals surface area contributed by atoms with Crippen LogP contribution in [0.3, 0.4) is 0 Å². The molecular formula is C9H13Cl2N3. The van der Waals surface area contributed by atoms with Crippen molar-refractivity contribution >= 4 is 35.8 Å². The number of nitrogens with one attached hydrogen (secondary N) is 1. The van der Waals surface area contributed by atoms with E-state index in [2.05, 4.69) is 16.9 Å². The van der Waals surface area contributed by atoms with E-state index in [1.54, 1.807) is 0 Å². The van der Waals surface area contributed by atoms with E-state index in [-0.39, 0.29) is 24.8 Å². The molecule has 0 spiro atoms. The predicted molar refractivity (Wildman–Crippen MR) is 63.2 cm³/mol. The number of aromatic amines is 1. The van der Waals surface area contributed by atoms with Crippen LogP contribution in [0.4, 0.5) is 0 Å². The minimum absolute atomic E-state index is 0. The van der Waals surface area contributed by atoms with Crippen molar-refractivity contribution < 1.29 is 0 Å². The maximum absolute atomic E-state index is 5.56. The van der Waals surface area contributed by atoms with Crippen molar-refractivity contribution in [3.8, 4) is 0 Å². The monoisotopic (exact) mass is 233 g/mol. The van der Waals surface area contributed by atoms with Gasteiger partial charge in [0.1, 0.15) is 5.65 Å². The first-order chi connectivity index (χ1) is 5.83. The van der Waals surface area contributed by atoms with Crippen LogP contribution in [0.2, 0.25) is 0 Å². The third-order valence-electron chi connectivity index (χ3n) is 2.18. The van der Waals surface area contributed by atoms with Crippen molar-refractivity contribution in [1.82, 2.24) is 9.97 Å². The van der Waals surface area contributed by atoms with Crippen LogP contribution in [0, 0.1) is 6.92 Å². The van der Waals surface area contributed by atoms with E-state index in [1.807, 2.05) is 18.5 Å². The highest BCUT2D eigenvalue weighted by atomic mass is 35.5. The summed E-state index contributed by atoms with van der Waals surface area (Å²) in [6.45, 7) is 2.62. The summed E-state index contributed by atoms with van der Waals surface area (Å²) in [4.78, 5) is 7.30. The van der Waals surface area contributed by atoms with Gasteiger partial charge in [0.15, 0.2) is 0 Å². The lowest BCUT2D eigenvalue weighted by atomic mass is 10.1. The molecular weight excluding hydrogens is 221 g/mol. The zero-order valence-corrected chi connectivity index (χ0v) is 9.41. The average Bonchev–Trinajstić information content (AvgIpc) is 2.53. The van der Waals surface area contributed by atoms with Gasteiger partial charge in [-0.05, 0) is 24.1 Å². The number of halogens is 2. The molecule has 0 fully saturated rings. The largest absolute Gasteiger partial charge is 0.346 e. The minimum Gasteiger partial charge on any atom is -0.346 e. The number of nitrogens with zero attached hydrogens (tertiary/aromatic N) is 1. The molecule has 0 saturated carbocycles. The van der Waals surface area contributed by atoms with Crippen molar-refractivity contribution in [3.63, 3.8) is 0 Å². The third-order valence-corrected chi connectivity index (χ3v) is 2.18. The quantitative estimate of drug-likeness (QED) is 0.794. The lowest BCUT2D eigenvalue weighted by Crippen LogP contribution is -1.99. The molecule has 0 aliphatic rings. The molecule has 78 valence electrons. The SMILES string of the molecule is Cc1c(CN)cnc2[nH]ccc12.Cl.Cl. The maximum atomic E-state index is 5.56. The molecule has 0 atom stereocenters. The highest BCUT2D eigenvalue weighted by Crippen LogP contribution is 2.17. The Bertz CT molecular complexity index is 411. The van der Waals surface area contributed by atoms with E-state index in [0.717, 1.165) is 16.6 Å². The molecule has 0 bridgehead atoms. The zero-order chi connectivity index (χ0) is 8.55. The van der Waals surface area contributed by atoms with Gasteiger partial charge >= 0.3 is 0 Å². The van der Waals surface area contributed by atoms with Gasteiger partial charge in [0, 0.05) is 24.3 Å². The summed E-state index contributed by atoms with van der Waals surface area (Å²) in [6.07, 6.45) is 3.72. The molecule has 0 saturated heterocycles. The normalized spacial score (nSPS) is 9.29. The van der Waals surface area contributed by atoms with Gasteiger partial charge in [-0.2, -0.15) is 0 Å². The fourth-order valence-corrected chi connectivity index (χ4v) is 1.39. The summed E-state index contributed by atoms with van der Waals surface area (Å²) in [5, 5.41) is 1.16. The van der Waals surface area contributed by atoms with E-state index in [4.69, 9.17) is 5.73 Å². The van der Waals surface area contributed by atoms with Gasteiger partial charge in [0.2, 0.25) is 0 Å².